The number of hydrogen-bond acceptors (Lipinski definition) is 7. The zero-order valence-corrected chi connectivity index (χ0v) is 21.3. The van der Waals surface area contributed by atoms with Crippen LogP contribution in [0.2, 0.25) is 0 Å². The molecule has 3 N–H and O–H groups in total. The van der Waals surface area contributed by atoms with Crippen molar-refractivity contribution in [1.82, 2.24) is 5.32 Å². The number of nitrogens with zero attached hydrogens (tertiary/aromatic N) is 2. The second-order valence-electron chi connectivity index (χ2n) is 9.90. The van der Waals surface area contributed by atoms with Gasteiger partial charge in [-0.05, 0) is 38.7 Å². The first-order valence-electron chi connectivity index (χ1n) is 11.6. The molecule has 0 saturated heterocycles. The molecule has 10 nitrogen and oxygen atoms in total. The Balaban J connectivity index is 1.92. The molecule has 1 unspecified atom stereocenters. The fraction of sp³-hybridized carbons (Fsp3) is 0.560. The maximum atomic E-state index is 12.5. The van der Waals surface area contributed by atoms with Crippen molar-refractivity contribution in [2.45, 2.75) is 78.0 Å². The molecule has 10 heteroatoms. The normalized spacial score (nSPS) is 16.8. The lowest BCUT2D eigenvalue weighted by Gasteiger charge is -2.20. The zero-order chi connectivity index (χ0) is 26.2. The van der Waals surface area contributed by atoms with Crippen LogP contribution in [0.15, 0.2) is 34.4 Å². The maximum Gasteiger partial charge on any atom is 0.436 e. The summed E-state index contributed by atoms with van der Waals surface area (Å²) in [6.45, 7) is 9.30. The average molecular weight is 489 g/mol. The first-order valence-corrected chi connectivity index (χ1v) is 11.6. The average Bonchev–Trinajstić information content (AvgIpc) is 3.19. The van der Waals surface area contributed by atoms with Crippen LogP contribution in [-0.4, -0.2) is 54.4 Å². The van der Waals surface area contributed by atoms with Gasteiger partial charge in [-0.1, -0.05) is 43.3 Å². The highest BCUT2D eigenvalue weighted by Crippen LogP contribution is 2.20. The third kappa shape index (κ3) is 9.76. The molecule has 1 aliphatic rings. The molecule has 0 bridgehead atoms. The number of oxime groups is 1. The molecule has 0 fully saturated rings. The molecular formula is C25H36N4O6. The SMILES string of the molecule is COC(=O)C[C@@H](CC(C)C)NC(=O)CC1CC(c2ccc(/C(N)=N\C(=O)OC(C)(C)C)cc2)=NO1. The number of esters is 1. The van der Waals surface area contributed by atoms with Gasteiger partial charge in [0.2, 0.25) is 5.91 Å². The molecule has 0 spiro atoms. The number of amides is 2. The minimum atomic E-state index is -0.754. The number of carbonyl (C=O) groups excluding carboxylic acids is 3. The van der Waals surface area contributed by atoms with Gasteiger partial charge in [-0.15, -0.1) is 0 Å². The summed E-state index contributed by atoms with van der Waals surface area (Å²) >= 11 is 0. The maximum absolute atomic E-state index is 12.5. The summed E-state index contributed by atoms with van der Waals surface area (Å²) in [5.41, 5.74) is 7.34. The summed E-state index contributed by atoms with van der Waals surface area (Å²) in [6, 6.07) is 6.76. The fourth-order valence-corrected chi connectivity index (χ4v) is 3.53. The molecule has 2 atom stereocenters. The number of carbonyl (C=O) groups is 3. The van der Waals surface area contributed by atoms with E-state index in [2.05, 4.69) is 15.5 Å². The van der Waals surface area contributed by atoms with Crippen LogP contribution in [0.4, 0.5) is 4.79 Å². The van der Waals surface area contributed by atoms with Gasteiger partial charge in [-0.3, -0.25) is 9.59 Å². The van der Waals surface area contributed by atoms with E-state index in [0.717, 1.165) is 5.56 Å². The standard InChI is InChI=1S/C25H36N4O6/c1-15(2)11-18(12-22(31)33-6)27-21(30)14-19-13-20(29-35-19)16-7-9-17(10-8-16)23(26)28-24(32)34-25(3,4)5/h7-10,15,18-19H,11-14H2,1-6H3,(H,27,30)(H2,26,28,32)/t18-,19?/m1/s1. The van der Waals surface area contributed by atoms with E-state index < -0.39 is 17.8 Å². The Bertz CT molecular complexity index is 963. The quantitative estimate of drug-likeness (QED) is 0.308. The summed E-state index contributed by atoms with van der Waals surface area (Å²) in [5, 5.41) is 7.03. The van der Waals surface area contributed by atoms with Crippen LogP contribution in [0.5, 0.6) is 0 Å². The van der Waals surface area contributed by atoms with E-state index in [1.165, 1.54) is 7.11 Å². The minimum absolute atomic E-state index is 0.0489. The molecule has 0 aliphatic carbocycles. The van der Waals surface area contributed by atoms with Crippen molar-refractivity contribution in [3.63, 3.8) is 0 Å². The number of amidine groups is 1. The van der Waals surface area contributed by atoms with Gasteiger partial charge in [0, 0.05) is 18.0 Å². The number of ether oxygens (including phenoxy) is 2. The molecule has 192 valence electrons. The highest BCUT2D eigenvalue weighted by atomic mass is 16.6. The van der Waals surface area contributed by atoms with Crippen LogP contribution in [0, 0.1) is 5.92 Å². The van der Waals surface area contributed by atoms with Crippen LogP contribution >= 0.6 is 0 Å². The zero-order valence-electron chi connectivity index (χ0n) is 21.3. The number of rotatable bonds is 9. The monoisotopic (exact) mass is 488 g/mol. The Hall–Kier alpha value is -3.43. The van der Waals surface area contributed by atoms with Crippen molar-refractivity contribution in [1.29, 1.82) is 0 Å². The molecule has 0 aromatic heterocycles. The molecular weight excluding hydrogens is 452 g/mol. The van der Waals surface area contributed by atoms with Crippen molar-refractivity contribution < 1.29 is 28.7 Å². The predicted octanol–water partition coefficient (Wildman–Crippen LogP) is 3.30. The van der Waals surface area contributed by atoms with Gasteiger partial charge in [0.05, 0.1) is 25.7 Å². The van der Waals surface area contributed by atoms with E-state index in [0.29, 0.717) is 30.0 Å². The number of benzene rings is 1. The Labute approximate surface area is 206 Å². The van der Waals surface area contributed by atoms with Crippen LogP contribution in [0.25, 0.3) is 0 Å². The number of aliphatic imine (C=N–C) groups is 1. The summed E-state index contributed by atoms with van der Waals surface area (Å²) in [7, 11) is 1.33. The van der Waals surface area contributed by atoms with E-state index in [-0.39, 0.29) is 36.6 Å². The van der Waals surface area contributed by atoms with Gasteiger partial charge < -0.3 is 25.4 Å². The molecule has 0 radical (unpaired) electrons. The smallest absolute Gasteiger partial charge is 0.436 e. The lowest BCUT2D eigenvalue weighted by molar-refractivity contribution is -0.141. The van der Waals surface area contributed by atoms with Gasteiger partial charge in [-0.25, -0.2) is 4.79 Å². The minimum Gasteiger partial charge on any atom is -0.469 e. The van der Waals surface area contributed by atoms with E-state index in [1.807, 2.05) is 13.8 Å². The molecule has 0 saturated carbocycles. The van der Waals surface area contributed by atoms with Gasteiger partial charge in [-0.2, -0.15) is 4.99 Å². The Morgan fingerprint density at radius 1 is 1.23 bits per heavy atom. The Kier molecular flexibility index (Phi) is 9.79. The number of hydrogen-bond donors (Lipinski definition) is 2. The van der Waals surface area contributed by atoms with Gasteiger partial charge in [0.25, 0.3) is 0 Å². The van der Waals surface area contributed by atoms with Crippen molar-refractivity contribution in [2.75, 3.05) is 7.11 Å². The van der Waals surface area contributed by atoms with Gasteiger partial charge in [0.1, 0.15) is 17.5 Å². The first-order chi connectivity index (χ1) is 16.4. The summed E-state index contributed by atoms with van der Waals surface area (Å²) < 4.78 is 9.88. The first kappa shape index (κ1) is 27.8. The second kappa shape index (κ2) is 12.3. The van der Waals surface area contributed by atoms with Crippen LogP contribution < -0.4 is 11.1 Å². The third-order valence-corrected chi connectivity index (χ3v) is 5.03. The van der Waals surface area contributed by atoms with Crippen molar-refractivity contribution in [3.8, 4) is 0 Å². The molecule has 35 heavy (non-hydrogen) atoms. The van der Waals surface area contributed by atoms with Gasteiger partial charge in [0.15, 0.2) is 0 Å². The Morgan fingerprint density at radius 2 is 1.89 bits per heavy atom. The van der Waals surface area contributed by atoms with Crippen molar-refractivity contribution in [2.24, 2.45) is 21.8 Å². The molecule has 1 aromatic rings. The summed E-state index contributed by atoms with van der Waals surface area (Å²) in [6.07, 6.45) is 0.217. The second-order valence-corrected chi connectivity index (χ2v) is 9.90. The number of methoxy groups -OCH3 is 1. The molecule has 1 aliphatic heterocycles. The lowest BCUT2D eigenvalue weighted by atomic mass is 9.99. The van der Waals surface area contributed by atoms with E-state index in [9.17, 15) is 14.4 Å². The largest absolute Gasteiger partial charge is 0.469 e. The van der Waals surface area contributed by atoms with Crippen molar-refractivity contribution >= 4 is 29.5 Å². The van der Waals surface area contributed by atoms with E-state index in [4.69, 9.17) is 20.0 Å². The van der Waals surface area contributed by atoms with E-state index >= 15 is 0 Å². The molecule has 1 aromatic carbocycles. The Morgan fingerprint density at radius 3 is 2.46 bits per heavy atom. The fourth-order valence-electron chi connectivity index (χ4n) is 3.53. The highest BCUT2D eigenvalue weighted by Gasteiger charge is 2.27. The lowest BCUT2D eigenvalue weighted by Crippen LogP contribution is -2.39. The van der Waals surface area contributed by atoms with Crippen LogP contribution in [0.1, 0.15) is 71.4 Å². The summed E-state index contributed by atoms with van der Waals surface area (Å²) in [4.78, 5) is 45.3. The summed E-state index contributed by atoms with van der Waals surface area (Å²) in [5.74, 6) is -0.205. The van der Waals surface area contributed by atoms with E-state index in [1.54, 1.807) is 45.0 Å². The molecule has 2 amide bonds. The topological polar surface area (TPSA) is 142 Å². The van der Waals surface area contributed by atoms with Crippen LogP contribution in [-0.2, 0) is 23.9 Å². The molecule has 2 rings (SSSR count). The third-order valence-electron chi connectivity index (χ3n) is 5.03. The van der Waals surface area contributed by atoms with Gasteiger partial charge >= 0.3 is 12.1 Å². The number of nitrogens with one attached hydrogen (secondary N) is 1. The predicted molar refractivity (Wildman–Crippen MR) is 132 cm³/mol. The number of nitrogens with two attached hydrogens (primary N) is 1. The van der Waals surface area contributed by atoms with Crippen molar-refractivity contribution in [3.05, 3.63) is 35.4 Å². The van der Waals surface area contributed by atoms with Crippen LogP contribution in [0.3, 0.4) is 0 Å². The highest BCUT2D eigenvalue weighted by molar-refractivity contribution is 6.05. The molecule has 1 heterocycles.